The Morgan fingerprint density at radius 2 is 1.82 bits per heavy atom. The van der Waals surface area contributed by atoms with Crippen molar-refractivity contribution < 1.29 is 19.1 Å². The molecular weight excluding hydrogens is 356 g/mol. The number of amides is 2. The first-order valence-electron chi connectivity index (χ1n) is 9.92. The van der Waals surface area contributed by atoms with Crippen LogP contribution < -0.4 is 14.8 Å². The van der Waals surface area contributed by atoms with Gasteiger partial charge in [-0.15, -0.1) is 0 Å². The summed E-state index contributed by atoms with van der Waals surface area (Å²) in [5.41, 5.74) is 0.868. The molecule has 0 spiro atoms. The van der Waals surface area contributed by atoms with Gasteiger partial charge >= 0.3 is 0 Å². The highest BCUT2D eigenvalue weighted by Gasteiger charge is 2.26. The second-order valence-electron chi connectivity index (χ2n) is 7.67. The lowest BCUT2D eigenvalue weighted by atomic mass is 9.95. The molecule has 6 heteroatoms. The summed E-state index contributed by atoms with van der Waals surface area (Å²) in [6.45, 7) is 9.03. The van der Waals surface area contributed by atoms with Gasteiger partial charge < -0.3 is 19.7 Å². The number of nitrogens with one attached hydrogen (secondary N) is 1. The van der Waals surface area contributed by atoms with Crippen LogP contribution in [-0.4, -0.2) is 49.1 Å². The highest BCUT2D eigenvalue weighted by Crippen LogP contribution is 2.29. The van der Waals surface area contributed by atoms with Crippen LogP contribution in [0.3, 0.4) is 0 Å². The molecule has 28 heavy (non-hydrogen) atoms. The van der Waals surface area contributed by atoms with Gasteiger partial charge in [-0.25, -0.2) is 0 Å². The fraction of sp³-hybridized carbons (Fsp3) is 0.545. The Hall–Kier alpha value is -2.50. The summed E-state index contributed by atoms with van der Waals surface area (Å²) in [6, 6.07) is 5.74. The van der Waals surface area contributed by atoms with Crippen molar-refractivity contribution in [3.63, 3.8) is 0 Å². The summed E-state index contributed by atoms with van der Waals surface area (Å²) in [4.78, 5) is 26.4. The van der Waals surface area contributed by atoms with Crippen LogP contribution in [0.15, 0.2) is 24.3 Å². The summed E-state index contributed by atoms with van der Waals surface area (Å²) in [5.74, 6) is 1.37. The Morgan fingerprint density at radius 3 is 2.39 bits per heavy atom. The summed E-state index contributed by atoms with van der Waals surface area (Å²) < 4.78 is 11.1. The second kappa shape index (κ2) is 10.2. The molecule has 1 aromatic carbocycles. The van der Waals surface area contributed by atoms with Crippen LogP contribution in [-0.2, 0) is 9.59 Å². The van der Waals surface area contributed by atoms with Gasteiger partial charge in [0.2, 0.25) is 11.8 Å². The van der Waals surface area contributed by atoms with Crippen molar-refractivity contribution in [3.05, 3.63) is 29.8 Å². The predicted octanol–water partition coefficient (Wildman–Crippen LogP) is 3.26. The molecule has 0 atom stereocenters. The first-order chi connectivity index (χ1) is 13.3. The fourth-order valence-corrected chi connectivity index (χ4v) is 3.18. The van der Waals surface area contributed by atoms with Gasteiger partial charge in [0.05, 0.1) is 13.2 Å². The van der Waals surface area contributed by atoms with Crippen LogP contribution in [0.5, 0.6) is 11.5 Å². The van der Waals surface area contributed by atoms with Gasteiger partial charge in [-0.05, 0) is 64.3 Å². The SMILES string of the molecule is COc1cc(/C=C/C(=O)N2CCC(C(=O)NC(C)C)CC2)ccc1OC(C)C. The molecule has 154 valence electrons. The Bertz CT molecular complexity index is 704. The van der Waals surface area contributed by atoms with Crippen molar-refractivity contribution in [2.24, 2.45) is 5.92 Å². The van der Waals surface area contributed by atoms with Gasteiger partial charge in [0.1, 0.15) is 0 Å². The van der Waals surface area contributed by atoms with Gasteiger partial charge in [0, 0.05) is 31.1 Å². The lowest BCUT2D eigenvalue weighted by molar-refractivity contribution is -0.132. The lowest BCUT2D eigenvalue weighted by Gasteiger charge is -2.31. The minimum atomic E-state index is -0.0378. The molecule has 1 saturated heterocycles. The zero-order chi connectivity index (χ0) is 20.7. The molecule has 1 N–H and O–H groups in total. The third kappa shape index (κ3) is 6.29. The van der Waals surface area contributed by atoms with E-state index in [4.69, 9.17) is 9.47 Å². The van der Waals surface area contributed by atoms with Crippen LogP contribution >= 0.6 is 0 Å². The maximum atomic E-state index is 12.5. The van der Waals surface area contributed by atoms with Crippen LogP contribution in [0.1, 0.15) is 46.1 Å². The first-order valence-corrected chi connectivity index (χ1v) is 9.92. The van der Waals surface area contributed by atoms with E-state index in [2.05, 4.69) is 5.32 Å². The molecule has 2 amide bonds. The number of piperidine rings is 1. The minimum absolute atomic E-state index is 0.00630. The standard InChI is InChI=1S/C22H32N2O4/c1-15(2)23-22(26)18-10-12-24(13-11-18)21(25)9-7-17-6-8-19(28-16(3)4)20(14-17)27-5/h6-9,14-16,18H,10-13H2,1-5H3,(H,23,26)/b9-7+. The van der Waals surface area contributed by atoms with E-state index >= 15 is 0 Å². The molecule has 1 heterocycles. The number of likely N-dealkylation sites (tertiary alicyclic amines) is 1. The average Bonchev–Trinajstić information content (AvgIpc) is 2.66. The molecule has 0 aromatic heterocycles. The van der Waals surface area contributed by atoms with Gasteiger partial charge in [-0.3, -0.25) is 9.59 Å². The Balaban J connectivity index is 1.93. The number of hydrogen-bond acceptors (Lipinski definition) is 4. The number of ether oxygens (including phenoxy) is 2. The monoisotopic (exact) mass is 388 g/mol. The highest BCUT2D eigenvalue weighted by atomic mass is 16.5. The van der Waals surface area contributed by atoms with E-state index in [1.807, 2.05) is 45.9 Å². The maximum absolute atomic E-state index is 12.5. The Kier molecular flexibility index (Phi) is 7.91. The van der Waals surface area contributed by atoms with Crippen LogP contribution in [0.2, 0.25) is 0 Å². The maximum Gasteiger partial charge on any atom is 0.246 e. The van der Waals surface area contributed by atoms with Gasteiger partial charge in [0.25, 0.3) is 0 Å². The average molecular weight is 389 g/mol. The molecule has 1 fully saturated rings. The molecule has 6 nitrogen and oxygen atoms in total. The normalized spacial score (nSPS) is 15.3. The number of carbonyl (C=O) groups is 2. The Morgan fingerprint density at radius 1 is 1.14 bits per heavy atom. The smallest absolute Gasteiger partial charge is 0.246 e. The molecule has 0 unspecified atom stereocenters. The number of nitrogens with zero attached hydrogens (tertiary/aromatic N) is 1. The summed E-state index contributed by atoms with van der Waals surface area (Å²) in [7, 11) is 1.60. The highest BCUT2D eigenvalue weighted by molar-refractivity contribution is 5.92. The third-order valence-electron chi connectivity index (χ3n) is 4.58. The fourth-order valence-electron chi connectivity index (χ4n) is 3.18. The Labute approximate surface area is 167 Å². The molecule has 0 radical (unpaired) electrons. The van der Waals surface area contributed by atoms with E-state index in [0.29, 0.717) is 37.4 Å². The van der Waals surface area contributed by atoms with Gasteiger partial charge in [-0.1, -0.05) is 6.07 Å². The van der Waals surface area contributed by atoms with Crippen LogP contribution in [0.4, 0.5) is 0 Å². The van der Waals surface area contributed by atoms with Crippen molar-refractivity contribution in [2.75, 3.05) is 20.2 Å². The van der Waals surface area contributed by atoms with Crippen molar-refractivity contribution in [3.8, 4) is 11.5 Å². The number of carbonyl (C=O) groups excluding carboxylic acids is 2. The van der Waals surface area contributed by atoms with Crippen LogP contribution in [0.25, 0.3) is 6.08 Å². The summed E-state index contributed by atoms with van der Waals surface area (Å²) >= 11 is 0. The predicted molar refractivity (Wildman–Crippen MR) is 110 cm³/mol. The van der Waals surface area contributed by atoms with E-state index in [0.717, 1.165) is 5.56 Å². The number of rotatable bonds is 7. The third-order valence-corrected chi connectivity index (χ3v) is 4.58. The number of benzene rings is 1. The van der Waals surface area contributed by atoms with Crippen molar-refractivity contribution in [1.82, 2.24) is 10.2 Å². The second-order valence-corrected chi connectivity index (χ2v) is 7.67. The first kappa shape index (κ1) is 21.8. The molecule has 1 aromatic rings. The van der Waals surface area contributed by atoms with Crippen molar-refractivity contribution in [1.29, 1.82) is 0 Å². The molecule has 2 rings (SSSR count). The van der Waals surface area contributed by atoms with Crippen molar-refractivity contribution >= 4 is 17.9 Å². The van der Waals surface area contributed by atoms with E-state index in [1.165, 1.54) is 0 Å². The van der Waals surface area contributed by atoms with E-state index in [9.17, 15) is 9.59 Å². The topological polar surface area (TPSA) is 67.9 Å². The minimum Gasteiger partial charge on any atom is -0.493 e. The van der Waals surface area contributed by atoms with Gasteiger partial charge in [-0.2, -0.15) is 0 Å². The zero-order valence-electron chi connectivity index (χ0n) is 17.5. The molecule has 1 aliphatic heterocycles. The summed E-state index contributed by atoms with van der Waals surface area (Å²) in [6.07, 6.45) is 4.82. The van der Waals surface area contributed by atoms with Crippen molar-refractivity contribution in [2.45, 2.75) is 52.7 Å². The van der Waals surface area contributed by atoms with E-state index in [1.54, 1.807) is 24.2 Å². The zero-order valence-corrected chi connectivity index (χ0v) is 17.5. The number of hydrogen-bond donors (Lipinski definition) is 1. The van der Waals surface area contributed by atoms with E-state index < -0.39 is 0 Å². The number of methoxy groups -OCH3 is 1. The molecule has 1 aliphatic rings. The molecule has 0 bridgehead atoms. The molecule has 0 aliphatic carbocycles. The van der Waals surface area contributed by atoms with Gasteiger partial charge in [0.15, 0.2) is 11.5 Å². The quantitative estimate of drug-likeness (QED) is 0.728. The van der Waals surface area contributed by atoms with Crippen LogP contribution in [0, 0.1) is 5.92 Å². The largest absolute Gasteiger partial charge is 0.493 e. The molecule has 0 saturated carbocycles. The lowest BCUT2D eigenvalue weighted by Crippen LogP contribution is -2.43. The van der Waals surface area contributed by atoms with E-state index in [-0.39, 0.29) is 29.9 Å². The summed E-state index contributed by atoms with van der Waals surface area (Å²) in [5, 5.41) is 2.95. The molecular formula is C22H32N2O4.